The summed E-state index contributed by atoms with van der Waals surface area (Å²) in [7, 11) is 0. The fourth-order valence-electron chi connectivity index (χ4n) is 1.75. The number of hydrogen-bond donors (Lipinski definition) is 0. The quantitative estimate of drug-likeness (QED) is 0.684. The second kappa shape index (κ2) is 4.33. The number of nitrogens with zero attached hydrogens (tertiary/aromatic N) is 3. The maximum atomic E-state index is 5.97. The van der Waals surface area contributed by atoms with E-state index in [0.717, 1.165) is 31.1 Å². The minimum atomic E-state index is 0.336. The van der Waals surface area contributed by atoms with Crippen LogP contribution in [0, 0.1) is 6.92 Å². The maximum absolute atomic E-state index is 5.97. The Morgan fingerprint density at radius 2 is 2.33 bits per heavy atom. The molecule has 0 bridgehead atoms. The third kappa shape index (κ3) is 2.06. The van der Waals surface area contributed by atoms with E-state index >= 15 is 0 Å². The lowest BCUT2D eigenvalue weighted by Gasteiger charge is -2.35. The van der Waals surface area contributed by atoms with Crippen LogP contribution >= 0.6 is 11.6 Å². The van der Waals surface area contributed by atoms with Crippen LogP contribution in [0.25, 0.3) is 0 Å². The Balaban J connectivity index is 2.31. The number of anilines is 1. The van der Waals surface area contributed by atoms with Gasteiger partial charge in [-0.15, -0.1) is 0 Å². The SMILES string of the molecule is Cc1c(Cl)ncnc1N1CCOCC1C. The molecule has 2 heterocycles. The van der Waals surface area contributed by atoms with Gasteiger partial charge in [0.15, 0.2) is 0 Å². The van der Waals surface area contributed by atoms with Crippen molar-refractivity contribution in [3.8, 4) is 0 Å². The minimum absolute atomic E-state index is 0.336. The summed E-state index contributed by atoms with van der Waals surface area (Å²) in [5.41, 5.74) is 0.938. The molecule has 15 heavy (non-hydrogen) atoms. The van der Waals surface area contributed by atoms with Crippen LogP contribution in [0.3, 0.4) is 0 Å². The van der Waals surface area contributed by atoms with Crippen LogP contribution in [0.2, 0.25) is 5.15 Å². The second-order valence-electron chi connectivity index (χ2n) is 3.73. The van der Waals surface area contributed by atoms with Crippen LogP contribution < -0.4 is 4.90 Å². The highest BCUT2D eigenvalue weighted by molar-refractivity contribution is 6.30. The summed E-state index contributed by atoms with van der Waals surface area (Å²) in [5.74, 6) is 0.922. The number of ether oxygens (including phenoxy) is 1. The lowest BCUT2D eigenvalue weighted by Crippen LogP contribution is -2.44. The summed E-state index contributed by atoms with van der Waals surface area (Å²) in [5, 5.41) is 0.527. The van der Waals surface area contributed by atoms with Gasteiger partial charge in [-0.05, 0) is 13.8 Å². The molecule has 1 unspecified atom stereocenters. The van der Waals surface area contributed by atoms with Crippen molar-refractivity contribution in [1.29, 1.82) is 0 Å². The van der Waals surface area contributed by atoms with Gasteiger partial charge in [-0.2, -0.15) is 0 Å². The standard InChI is InChI=1S/C10H14ClN3O/c1-7-5-15-4-3-14(7)10-8(2)9(11)12-6-13-10/h6-7H,3-5H2,1-2H3. The first-order valence-electron chi connectivity index (χ1n) is 5.01. The van der Waals surface area contributed by atoms with Crippen LogP contribution in [0.5, 0.6) is 0 Å². The molecule has 4 nitrogen and oxygen atoms in total. The van der Waals surface area contributed by atoms with Gasteiger partial charge in [-0.1, -0.05) is 11.6 Å². The highest BCUT2D eigenvalue weighted by atomic mass is 35.5. The van der Waals surface area contributed by atoms with Gasteiger partial charge < -0.3 is 9.64 Å². The average molecular weight is 228 g/mol. The number of hydrogen-bond acceptors (Lipinski definition) is 4. The molecule has 1 aliphatic heterocycles. The lowest BCUT2D eigenvalue weighted by molar-refractivity contribution is 0.0984. The molecule has 1 saturated heterocycles. The van der Waals surface area contributed by atoms with Gasteiger partial charge in [0, 0.05) is 12.1 Å². The van der Waals surface area contributed by atoms with Gasteiger partial charge in [-0.3, -0.25) is 0 Å². The predicted octanol–water partition coefficient (Wildman–Crippen LogP) is 1.66. The second-order valence-corrected chi connectivity index (χ2v) is 4.09. The first kappa shape index (κ1) is 10.6. The van der Waals surface area contributed by atoms with E-state index < -0.39 is 0 Å². The molecule has 2 rings (SSSR count). The lowest BCUT2D eigenvalue weighted by atomic mass is 10.2. The fraction of sp³-hybridized carbons (Fsp3) is 0.600. The van der Waals surface area contributed by atoms with Crippen molar-refractivity contribution in [2.45, 2.75) is 19.9 Å². The summed E-state index contributed by atoms with van der Waals surface area (Å²) >= 11 is 5.97. The van der Waals surface area contributed by atoms with E-state index in [1.807, 2.05) is 6.92 Å². The molecule has 0 saturated carbocycles. The Labute approximate surface area is 94.2 Å². The van der Waals surface area contributed by atoms with Gasteiger partial charge in [-0.25, -0.2) is 9.97 Å². The molecule has 5 heteroatoms. The summed E-state index contributed by atoms with van der Waals surface area (Å²) in [6.45, 7) is 6.40. The molecule has 0 spiro atoms. The smallest absolute Gasteiger partial charge is 0.137 e. The largest absolute Gasteiger partial charge is 0.377 e. The summed E-state index contributed by atoms with van der Waals surface area (Å²) in [6, 6.07) is 0.336. The molecular formula is C10H14ClN3O. The number of rotatable bonds is 1. The van der Waals surface area contributed by atoms with Crippen LogP contribution in [0.4, 0.5) is 5.82 Å². The van der Waals surface area contributed by atoms with Crippen LogP contribution in [-0.2, 0) is 4.74 Å². The molecule has 0 aliphatic carbocycles. The molecule has 1 fully saturated rings. The molecular weight excluding hydrogens is 214 g/mol. The summed E-state index contributed by atoms with van der Waals surface area (Å²) < 4.78 is 5.39. The van der Waals surface area contributed by atoms with E-state index in [1.165, 1.54) is 6.33 Å². The highest BCUT2D eigenvalue weighted by Gasteiger charge is 2.22. The first-order chi connectivity index (χ1) is 7.20. The van der Waals surface area contributed by atoms with Crippen LogP contribution in [0.15, 0.2) is 6.33 Å². The van der Waals surface area contributed by atoms with E-state index in [1.54, 1.807) is 0 Å². The molecule has 0 radical (unpaired) electrons. The van der Waals surface area contributed by atoms with Gasteiger partial charge in [0.1, 0.15) is 17.3 Å². The van der Waals surface area contributed by atoms with E-state index in [0.29, 0.717) is 11.2 Å². The number of halogens is 1. The number of aromatic nitrogens is 2. The third-order valence-electron chi connectivity index (χ3n) is 2.64. The normalized spacial score (nSPS) is 21.8. The molecule has 0 N–H and O–H groups in total. The van der Waals surface area contributed by atoms with Gasteiger partial charge in [0.25, 0.3) is 0 Å². The zero-order valence-corrected chi connectivity index (χ0v) is 9.66. The Morgan fingerprint density at radius 1 is 1.53 bits per heavy atom. The Hall–Kier alpha value is -0.870. The molecule has 1 atom stereocenters. The Bertz CT molecular complexity index is 359. The zero-order chi connectivity index (χ0) is 10.8. The van der Waals surface area contributed by atoms with E-state index in [9.17, 15) is 0 Å². The molecule has 0 amide bonds. The van der Waals surface area contributed by atoms with E-state index in [-0.39, 0.29) is 0 Å². The van der Waals surface area contributed by atoms with Gasteiger partial charge in [0.2, 0.25) is 0 Å². The molecule has 0 aromatic carbocycles. The van der Waals surface area contributed by atoms with Crippen molar-refractivity contribution >= 4 is 17.4 Å². The van der Waals surface area contributed by atoms with Gasteiger partial charge in [0.05, 0.1) is 19.3 Å². The fourth-order valence-corrected chi connectivity index (χ4v) is 1.88. The minimum Gasteiger partial charge on any atom is -0.377 e. The number of morpholine rings is 1. The van der Waals surface area contributed by atoms with E-state index in [4.69, 9.17) is 16.3 Å². The first-order valence-corrected chi connectivity index (χ1v) is 5.39. The van der Waals surface area contributed by atoms with Gasteiger partial charge >= 0.3 is 0 Å². The Kier molecular flexibility index (Phi) is 3.07. The zero-order valence-electron chi connectivity index (χ0n) is 8.90. The highest BCUT2D eigenvalue weighted by Crippen LogP contribution is 2.24. The predicted molar refractivity (Wildman–Crippen MR) is 59.4 cm³/mol. The topological polar surface area (TPSA) is 38.2 Å². The molecule has 1 aromatic heterocycles. The monoisotopic (exact) mass is 227 g/mol. The molecule has 1 aliphatic rings. The van der Waals surface area contributed by atoms with Crippen molar-refractivity contribution in [3.63, 3.8) is 0 Å². The summed E-state index contributed by atoms with van der Waals surface area (Å²) in [4.78, 5) is 10.5. The Morgan fingerprint density at radius 3 is 3.07 bits per heavy atom. The third-order valence-corrected chi connectivity index (χ3v) is 3.02. The van der Waals surface area contributed by atoms with Crippen LogP contribution in [0.1, 0.15) is 12.5 Å². The average Bonchev–Trinajstić information content (AvgIpc) is 2.23. The molecule has 82 valence electrons. The van der Waals surface area contributed by atoms with Crippen molar-refractivity contribution in [2.75, 3.05) is 24.7 Å². The van der Waals surface area contributed by atoms with Crippen molar-refractivity contribution in [2.24, 2.45) is 0 Å². The molecule has 1 aromatic rings. The maximum Gasteiger partial charge on any atom is 0.137 e. The van der Waals surface area contributed by atoms with E-state index in [2.05, 4.69) is 21.8 Å². The van der Waals surface area contributed by atoms with Crippen LogP contribution in [-0.4, -0.2) is 35.8 Å². The van der Waals surface area contributed by atoms with Crippen molar-refractivity contribution < 1.29 is 4.74 Å². The van der Waals surface area contributed by atoms with Crippen molar-refractivity contribution in [1.82, 2.24) is 9.97 Å². The van der Waals surface area contributed by atoms with Crippen molar-refractivity contribution in [3.05, 3.63) is 17.0 Å². The summed E-state index contributed by atoms with van der Waals surface area (Å²) in [6.07, 6.45) is 1.51.